The summed E-state index contributed by atoms with van der Waals surface area (Å²) in [4.78, 5) is 0. The highest BCUT2D eigenvalue weighted by Gasteiger charge is 2.07. The molecule has 0 bridgehead atoms. The number of anilines is 1. The molecular formula is C11H11FIN3O. The van der Waals surface area contributed by atoms with E-state index >= 15 is 0 Å². The van der Waals surface area contributed by atoms with Crippen molar-refractivity contribution in [2.24, 2.45) is 0 Å². The Labute approximate surface area is 112 Å². The normalized spacial score (nSPS) is 10.5. The van der Waals surface area contributed by atoms with Crippen molar-refractivity contribution in [3.05, 3.63) is 39.3 Å². The molecule has 90 valence electrons. The molecule has 1 aromatic carbocycles. The summed E-state index contributed by atoms with van der Waals surface area (Å²) >= 11 is 2.10. The number of methoxy groups -OCH3 is 1. The second-order valence-electron chi connectivity index (χ2n) is 3.50. The molecule has 0 atom stereocenters. The van der Waals surface area contributed by atoms with E-state index in [9.17, 15) is 4.39 Å². The van der Waals surface area contributed by atoms with Crippen LogP contribution in [0.4, 0.5) is 10.2 Å². The molecule has 4 nitrogen and oxygen atoms in total. The van der Waals surface area contributed by atoms with E-state index in [0.717, 1.165) is 9.13 Å². The second kappa shape index (κ2) is 4.91. The van der Waals surface area contributed by atoms with Crippen molar-refractivity contribution in [3.8, 4) is 5.75 Å². The lowest BCUT2D eigenvalue weighted by Gasteiger charge is -2.07. The first kappa shape index (κ1) is 12.2. The van der Waals surface area contributed by atoms with E-state index in [-0.39, 0.29) is 11.6 Å². The first-order chi connectivity index (χ1) is 8.11. The third-order valence-corrected chi connectivity index (χ3v) is 3.21. The molecule has 0 radical (unpaired) electrons. The first-order valence-electron chi connectivity index (χ1n) is 4.91. The van der Waals surface area contributed by atoms with Crippen LogP contribution >= 0.6 is 22.6 Å². The molecule has 0 saturated heterocycles. The Hall–Kier alpha value is -1.31. The van der Waals surface area contributed by atoms with Crippen molar-refractivity contribution in [3.63, 3.8) is 0 Å². The fourth-order valence-electron chi connectivity index (χ4n) is 1.48. The van der Waals surface area contributed by atoms with Crippen molar-refractivity contribution in [1.29, 1.82) is 0 Å². The summed E-state index contributed by atoms with van der Waals surface area (Å²) < 4.78 is 20.8. The molecule has 1 heterocycles. The lowest BCUT2D eigenvalue weighted by Crippen LogP contribution is -2.06. The fourth-order valence-corrected chi connectivity index (χ4v) is 1.88. The van der Waals surface area contributed by atoms with Gasteiger partial charge in [0.25, 0.3) is 0 Å². The first-order valence-corrected chi connectivity index (χ1v) is 5.99. The van der Waals surface area contributed by atoms with Crippen molar-refractivity contribution in [1.82, 2.24) is 9.78 Å². The van der Waals surface area contributed by atoms with Crippen molar-refractivity contribution in [2.75, 3.05) is 12.8 Å². The number of rotatable bonds is 3. The minimum absolute atomic E-state index is 0.233. The number of hydrogen-bond acceptors (Lipinski definition) is 3. The number of nitrogens with two attached hydrogens (primary N) is 1. The fraction of sp³-hybridized carbons (Fsp3) is 0.182. The maximum atomic E-state index is 13.5. The van der Waals surface area contributed by atoms with Crippen LogP contribution in [-0.4, -0.2) is 16.9 Å². The van der Waals surface area contributed by atoms with Gasteiger partial charge in [-0.05, 0) is 40.3 Å². The molecule has 2 aromatic rings. The molecule has 17 heavy (non-hydrogen) atoms. The number of halogens is 2. The van der Waals surface area contributed by atoms with Gasteiger partial charge in [0.15, 0.2) is 11.6 Å². The van der Waals surface area contributed by atoms with Gasteiger partial charge >= 0.3 is 0 Å². The minimum Gasteiger partial charge on any atom is -0.494 e. The topological polar surface area (TPSA) is 53.1 Å². The van der Waals surface area contributed by atoms with E-state index in [1.165, 1.54) is 13.2 Å². The van der Waals surface area contributed by atoms with E-state index in [0.29, 0.717) is 12.4 Å². The maximum Gasteiger partial charge on any atom is 0.165 e. The number of benzene rings is 1. The number of nitrogen functional groups attached to an aromatic ring is 1. The maximum absolute atomic E-state index is 13.5. The van der Waals surface area contributed by atoms with Gasteiger partial charge < -0.3 is 10.5 Å². The van der Waals surface area contributed by atoms with Crippen LogP contribution in [0.2, 0.25) is 0 Å². The van der Waals surface area contributed by atoms with Gasteiger partial charge in [0.05, 0.1) is 23.4 Å². The van der Waals surface area contributed by atoms with Crippen molar-refractivity contribution >= 4 is 28.4 Å². The van der Waals surface area contributed by atoms with E-state index in [2.05, 4.69) is 27.7 Å². The van der Waals surface area contributed by atoms with Crippen LogP contribution in [0.1, 0.15) is 5.56 Å². The number of ether oxygens (including phenoxy) is 1. The number of hydrogen-bond donors (Lipinski definition) is 1. The van der Waals surface area contributed by atoms with Crippen molar-refractivity contribution in [2.45, 2.75) is 6.54 Å². The van der Waals surface area contributed by atoms with Gasteiger partial charge in [-0.2, -0.15) is 5.10 Å². The minimum atomic E-state index is -0.384. The van der Waals surface area contributed by atoms with E-state index < -0.39 is 0 Å². The van der Waals surface area contributed by atoms with Gasteiger partial charge in [-0.1, -0.05) is 6.07 Å². The third-order valence-electron chi connectivity index (χ3n) is 2.38. The van der Waals surface area contributed by atoms with E-state index in [1.54, 1.807) is 23.0 Å². The molecule has 0 amide bonds. The molecule has 0 aliphatic carbocycles. The molecule has 0 aliphatic heterocycles. The van der Waals surface area contributed by atoms with Crippen LogP contribution in [0.15, 0.2) is 24.4 Å². The summed E-state index contributed by atoms with van der Waals surface area (Å²) in [7, 11) is 1.44. The summed E-state index contributed by atoms with van der Waals surface area (Å²) in [5.41, 5.74) is 6.61. The van der Waals surface area contributed by atoms with E-state index in [1.807, 2.05) is 0 Å². The lowest BCUT2D eigenvalue weighted by molar-refractivity contribution is 0.386. The zero-order valence-electron chi connectivity index (χ0n) is 9.15. The Balaban J connectivity index is 2.25. The highest BCUT2D eigenvalue weighted by atomic mass is 127. The predicted octanol–water partition coefficient (Wildman–Crippen LogP) is 2.27. The summed E-state index contributed by atoms with van der Waals surface area (Å²) in [5, 5.41) is 4.11. The van der Waals surface area contributed by atoms with Crippen LogP contribution in [0.25, 0.3) is 0 Å². The Morgan fingerprint density at radius 2 is 2.29 bits per heavy atom. The molecule has 1 aromatic heterocycles. The van der Waals surface area contributed by atoms with Crippen molar-refractivity contribution < 1.29 is 9.13 Å². The summed E-state index contributed by atoms with van der Waals surface area (Å²) in [5.74, 6) is 0.434. The monoisotopic (exact) mass is 347 g/mol. The van der Waals surface area contributed by atoms with Gasteiger partial charge in [0.2, 0.25) is 0 Å². The SMILES string of the molecule is COc1ccc(Cn2ncc(I)c2N)cc1F. The van der Waals surface area contributed by atoms with Crippen LogP contribution in [0.5, 0.6) is 5.75 Å². The van der Waals surface area contributed by atoms with Gasteiger partial charge in [-0.25, -0.2) is 9.07 Å². The summed E-state index contributed by atoms with van der Waals surface area (Å²) in [6, 6.07) is 4.80. The molecule has 2 rings (SSSR count). The summed E-state index contributed by atoms with van der Waals surface area (Å²) in [6.07, 6.45) is 1.68. The van der Waals surface area contributed by atoms with Crippen LogP contribution in [0, 0.1) is 9.39 Å². The number of aromatic nitrogens is 2. The molecule has 0 saturated carbocycles. The molecule has 0 unspecified atom stereocenters. The number of nitrogens with zero attached hydrogens (tertiary/aromatic N) is 2. The lowest BCUT2D eigenvalue weighted by atomic mass is 10.2. The second-order valence-corrected chi connectivity index (χ2v) is 4.67. The average molecular weight is 347 g/mol. The van der Waals surface area contributed by atoms with E-state index in [4.69, 9.17) is 10.5 Å². The Bertz CT molecular complexity index is 542. The molecule has 0 fully saturated rings. The molecule has 0 aliphatic rings. The highest BCUT2D eigenvalue weighted by molar-refractivity contribution is 14.1. The highest BCUT2D eigenvalue weighted by Crippen LogP contribution is 2.20. The molecular weight excluding hydrogens is 336 g/mol. The van der Waals surface area contributed by atoms with Gasteiger partial charge in [-0.3, -0.25) is 0 Å². The third kappa shape index (κ3) is 2.51. The standard InChI is InChI=1S/C11H11FIN3O/c1-17-10-3-2-7(4-8(10)12)6-16-11(14)9(13)5-15-16/h2-5H,6,14H2,1H3. The predicted molar refractivity (Wildman–Crippen MR) is 71.4 cm³/mol. The largest absolute Gasteiger partial charge is 0.494 e. The van der Waals surface area contributed by atoms with Crippen LogP contribution in [0.3, 0.4) is 0 Å². The average Bonchev–Trinajstić information content (AvgIpc) is 2.61. The van der Waals surface area contributed by atoms with Crippen LogP contribution < -0.4 is 10.5 Å². The summed E-state index contributed by atoms with van der Waals surface area (Å²) in [6.45, 7) is 0.440. The smallest absolute Gasteiger partial charge is 0.165 e. The Morgan fingerprint density at radius 3 is 2.82 bits per heavy atom. The van der Waals surface area contributed by atoms with Gasteiger partial charge in [-0.15, -0.1) is 0 Å². The quantitative estimate of drug-likeness (QED) is 0.867. The Morgan fingerprint density at radius 1 is 1.53 bits per heavy atom. The van der Waals surface area contributed by atoms with Gasteiger partial charge in [0, 0.05) is 0 Å². The molecule has 2 N–H and O–H groups in total. The zero-order valence-corrected chi connectivity index (χ0v) is 11.3. The molecule has 0 spiro atoms. The molecule has 6 heteroatoms. The van der Waals surface area contributed by atoms with Gasteiger partial charge in [0.1, 0.15) is 5.82 Å². The van der Waals surface area contributed by atoms with Crippen LogP contribution in [-0.2, 0) is 6.54 Å². The zero-order chi connectivity index (χ0) is 12.4. The Kier molecular flexibility index (Phi) is 3.51.